The Kier molecular flexibility index (Phi) is 8.96. The first-order chi connectivity index (χ1) is 14.7. The molecule has 0 radical (unpaired) electrons. The van der Waals surface area contributed by atoms with Crippen molar-refractivity contribution in [1.29, 1.82) is 0 Å². The van der Waals surface area contributed by atoms with Crippen molar-refractivity contribution in [3.05, 3.63) is 35.4 Å². The molecule has 2 aliphatic heterocycles. The highest BCUT2D eigenvalue weighted by molar-refractivity contribution is 5.80. The van der Waals surface area contributed by atoms with Crippen molar-refractivity contribution in [2.45, 2.75) is 39.2 Å². The molecule has 2 fully saturated rings. The van der Waals surface area contributed by atoms with Crippen molar-refractivity contribution in [3.8, 4) is 0 Å². The average molecular weight is 416 g/mol. The first kappa shape index (κ1) is 22.6. The van der Waals surface area contributed by atoms with Crippen LogP contribution in [-0.2, 0) is 9.53 Å². The van der Waals surface area contributed by atoms with Crippen LogP contribution in [0.15, 0.2) is 29.3 Å². The summed E-state index contributed by atoms with van der Waals surface area (Å²) in [4.78, 5) is 21.1. The molecule has 30 heavy (non-hydrogen) atoms. The molecule has 0 bridgehead atoms. The largest absolute Gasteiger partial charge is 0.379 e. The lowest BCUT2D eigenvalue weighted by molar-refractivity contribution is -0.127. The van der Waals surface area contributed by atoms with Gasteiger partial charge in [-0.3, -0.25) is 14.7 Å². The van der Waals surface area contributed by atoms with E-state index in [4.69, 9.17) is 9.73 Å². The maximum atomic E-state index is 11.7. The Morgan fingerprint density at radius 2 is 2.07 bits per heavy atom. The minimum absolute atomic E-state index is 0.242. The molecule has 1 atom stereocenters. The number of rotatable bonds is 9. The predicted molar refractivity (Wildman–Crippen MR) is 121 cm³/mol. The van der Waals surface area contributed by atoms with Gasteiger partial charge in [0.2, 0.25) is 5.91 Å². The zero-order chi connectivity index (χ0) is 21.2. The maximum Gasteiger partial charge on any atom is 0.222 e. The highest BCUT2D eigenvalue weighted by Gasteiger charge is 2.23. The van der Waals surface area contributed by atoms with Gasteiger partial charge in [0.1, 0.15) is 0 Å². The first-order valence-corrected chi connectivity index (χ1v) is 11.4. The lowest BCUT2D eigenvalue weighted by Gasteiger charge is -2.34. The Labute approximate surface area is 180 Å². The molecule has 0 spiro atoms. The molecule has 166 valence electrons. The second kappa shape index (κ2) is 11.9. The molecule has 3 rings (SSSR count). The van der Waals surface area contributed by atoms with Crippen LogP contribution in [0.1, 0.15) is 43.4 Å². The van der Waals surface area contributed by atoms with Gasteiger partial charge in [-0.2, -0.15) is 0 Å². The highest BCUT2D eigenvalue weighted by Crippen LogP contribution is 2.23. The van der Waals surface area contributed by atoms with Crippen LogP contribution in [0.2, 0.25) is 0 Å². The van der Waals surface area contributed by atoms with Gasteiger partial charge in [-0.05, 0) is 32.3 Å². The van der Waals surface area contributed by atoms with Crippen LogP contribution in [0.5, 0.6) is 0 Å². The van der Waals surface area contributed by atoms with Crippen molar-refractivity contribution < 1.29 is 9.53 Å². The van der Waals surface area contributed by atoms with E-state index in [1.807, 2.05) is 4.90 Å². The summed E-state index contributed by atoms with van der Waals surface area (Å²) in [5.41, 5.74) is 2.58. The fourth-order valence-corrected chi connectivity index (χ4v) is 4.13. The summed E-state index contributed by atoms with van der Waals surface area (Å²) < 4.78 is 5.56. The monoisotopic (exact) mass is 415 g/mol. The van der Waals surface area contributed by atoms with Gasteiger partial charge in [0.25, 0.3) is 0 Å². The number of guanidine groups is 1. The summed E-state index contributed by atoms with van der Waals surface area (Å²) in [6.45, 7) is 11.7. The fourth-order valence-electron chi connectivity index (χ4n) is 4.13. The van der Waals surface area contributed by atoms with Crippen molar-refractivity contribution in [2.75, 3.05) is 59.0 Å². The third-order valence-electron chi connectivity index (χ3n) is 5.75. The standard InChI is InChI=1S/C23H37N5O2/c1-3-24-23(25-10-6-12-28-11-5-9-22(28)29)26-18-21(27-13-15-30-16-14-27)20-8-4-7-19(2)17-20/h4,7-8,17,21H,3,5-6,9-16,18H2,1-2H3,(H2,24,25,26). The van der Waals surface area contributed by atoms with E-state index < -0.39 is 0 Å². The summed E-state index contributed by atoms with van der Waals surface area (Å²) in [7, 11) is 0. The molecule has 2 aliphatic rings. The van der Waals surface area contributed by atoms with Gasteiger partial charge in [-0.25, -0.2) is 0 Å². The van der Waals surface area contributed by atoms with Crippen LogP contribution >= 0.6 is 0 Å². The summed E-state index contributed by atoms with van der Waals surface area (Å²) >= 11 is 0. The Balaban J connectivity index is 1.59. The molecule has 2 N–H and O–H groups in total. The number of benzene rings is 1. The van der Waals surface area contributed by atoms with Gasteiger partial charge in [-0.1, -0.05) is 29.8 Å². The van der Waals surface area contributed by atoms with E-state index in [9.17, 15) is 4.79 Å². The Morgan fingerprint density at radius 1 is 1.23 bits per heavy atom. The van der Waals surface area contributed by atoms with Gasteiger partial charge in [-0.15, -0.1) is 0 Å². The topological polar surface area (TPSA) is 69.2 Å². The number of hydrogen-bond acceptors (Lipinski definition) is 4. The molecule has 1 aromatic carbocycles. The number of nitrogens with one attached hydrogen (secondary N) is 2. The molecule has 2 heterocycles. The van der Waals surface area contributed by atoms with Crippen LogP contribution < -0.4 is 10.6 Å². The summed E-state index contributed by atoms with van der Waals surface area (Å²) in [5, 5.41) is 6.79. The number of morpholine rings is 1. The number of nitrogens with zero attached hydrogens (tertiary/aromatic N) is 3. The van der Waals surface area contributed by atoms with Gasteiger partial charge < -0.3 is 20.3 Å². The summed E-state index contributed by atoms with van der Waals surface area (Å²) in [5.74, 6) is 1.14. The van der Waals surface area contributed by atoms with Crippen LogP contribution in [0.3, 0.4) is 0 Å². The molecular formula is C23H37N5O2. The van der Waals surface area contributed by atoms with Crippen molar-refractivity contribution in [1.82, 2.24) is 20.4 Å². The summed E-state index contributed by atoms with van der Waals surface area (Å²) in [6, 6.07) is 8.98. The van der Waals surface area contributed by atoms with Crippen LogP contribution in [0.4, 0.5) is 0 Å². The van der Waals surface area contributed by atoms with Gasteiger partial charge >= 0.3 is 0 Å². The SMILES string of the molecule is CCNC(=NCC(c1cccc(C)c1)N1CCOCC1)NCCCN1CCCC1=O. The van der Waals surface area contributed by atoms with Crippen LogP contribution in [0.25, 0.3) is 0 Å². The Morgan fingerprint density at radius 3 is 2.77 bits per heavy atom. The molecule has 2 saturated heterocycles. The lowest BCUT2D eigenvalue weighted by Crippen LogP contribution is -2.42. The molecule has 0 aliphatic carbocycles. The minimum atomic E-state index is 0.242. The van der Waals surface area contributed by atoms with Crippen LogP contribution in [-0.4, -0.2) is 80.7 Å². The number of aliphatic imine (C=N–C) groups is 1. The molecule has 1 unspecified atom stereocenters. The van der Waals surface area contributed by atoms with E-state index in [1.165, 1.54) is 11.1 Å². The first-order valence-electron chi connectivity index (χ1n) is 11.4. The second-order valence-corrected chi connectivity index (χ2v) is 8.06. The smallest absolute Gasteiger partial charge is 0.222 e. The lowest BCUT2D eigenvalue weighted by atomic mass is 10.0. The van der Waals surface area contributed by atoms with Crippen LogP contribution in [0, 0.1) is 6.92 Å². The number of hydrogen-bond donors (Lipinski definition) is 2. The molecule has 0 saturated carbocycles. The number of amides is 1. The van der Waals surface area contributed by atoms with E-state index in [2.05, 4.69) is 53.6 Å². The molecule has 1 amide bonds. The minimum Gasteiger partial charge on any atom is -0.379 e. The number of carbonyl (C=O) groups excluding carboxylic acids is 1. The number of ether oxygens (including phenoxy) is 1. The molecule has 7 nitrogen and oxygen atoms in total. The summed E-state index contributed by atoms with van der Waals surface area (Å²) in [6.07, 6.45) is 2.64. The van der Waals surface area contributed by atoms with E-state index >= 15 is 0 Å². The fraction of sp³-hybridized carbons (Fsp3) is 0.652. The zero-order valence-electron chi connectivity index (χ0n) is 18.5. The van der Waals surface area contributed by atoms with Crippen molar-refractivity contribution in [3.63, 3.8) is 0 Å². The van der Waals surface area contributed by atoms with Crippen molar-refractivity contribution in [2.24, 2.45) is 4.99 Å². The molecule has 1 aromatic rings. The molecule has 7 heteroatoms. The quantitative estimate of drug-likeness (QED) is 0.366. The van der Waals surface area contributed by atoms with Gasteiger partial charge in [0.15, 0.2) is 5.96 Å². The van der Waals surface area contributed by atoms with E-state index in [0.717, 1.165) is 71.3 Å². The Bertz CT molecular complexity index is 703. The van der Waals surface area contributed by atoms with Gasteiger partial charge in [0, 0.05) is 45.7 Å². The molecule has 0 aromatic heterocycles. The maximum absolute atomic E-state index is 11.7. The van der Waals surface area contributed by atoms with E-state index in [0.29, 0.717) is 18.9 Å². The highest BCUT2D eigenvalue weighted by atomic mass is 16.5. The number of carbonyl (C=O) groups is 1. The normalized spacial score (nSPS) is 19.2. The average Bonchev–Trinajstić information content (AvgIpc) is 3.17. The number of aryl methyl sites for hydroxylation is 1. The zero-order valence-corrected chi connectivity index (χ0v) is 18.5. The number of likely N-dealkylation sites (tertiary alicyclic amines) is 1. The van der Waals surface area contributed by atoms with Gasteiger partial charge in [0.05, 0.1) is 25.8 Å². The Hall–Kier alpha value is -2.12. The third kappa shape index (κ3) is 6.71. The molecular weight excluding hydrogens is 378 g/mol. The van der Waals surface area contributed by atoms with E-state index in [1.54, 1.807) is 0 Å². The second-order valence-electron chi connectivity index (χ2n) is 8.06. The predicted octanol–water partition coefficient (Wildman–Crippen LogP) is 1.94. The third-order valence-corrected chi connectivity index (χ3v) is 5.75. The van der Waals surface area contributed by atoms with E-state index in [-0.39, 0.29) is 6.04 Å². The van der Waals surface area contributed by atoms with Crippen molar-refractivity contribution >= 4 is 11.9 Å².